The Balaban J connectivity index is 5.30. The number of halogens is 7. The molecule has 1 unspecified atom stereocenters. The van der Waals surface area contributed by atoms with E-state index in [0.29, 0.717) is 0 Å². The van der Waals surface area contributed by atoms with Crippen LogP contribution in [0.2, 0.25) is 0 Å². The molecule has 0 rings (SSSR count). The summed E-state index contributed by atoms with van der Waals surface area (Å²) in [5, 5.41) is 8.07. The minimum atomic E-state index is -5.88. The zero-order valence-electron chi connectivity index (χ0n) is 7.09. The zero-order valence-corrected chi connectivity index (χ0v) is 7.09. The number of aliphatic hydroxyl groups is 1. The lowest BCUT2D eigenvalue weighted by atomic mass is 9.99. The Labute approximate surface area is 74.5 Å². The largest absolute Gasteiger partial charge is 0.373 e. The number of rotatable bonds is 3. The van der Waals surface area contributed by atoms with E-state index in [4.69, 9.17) is 5.11 Å². The van der Waals surface area contributed by atoms with Gasteiger partial charge in [-0.25, -0.2) is 8.78 Å². The number of alkyl halides is 7. The molecule has 0 spiro atoms. The highest BCUT2D eigenvalue weighted by molar-refractivity contribution is 4.99. The van der Waals surface area contributed by atoms with Crippen LogP contribution in [0.3, 0.4) is 0 Å². The Bertz CT molecular complexity index is 187. The van der Waals surface area contributed by atoms with Crippen LogP contribution in [0.15, 0.2) is 0 Å². The lowest BCUT2D eigenvalue weighted by molar-refractivity contribution is -0.385. The van der Waals surface area contributed by atoms with E-state index < -0.39 is 37.5 Å². The van der Waals surface area contributed by atoms with Crippen LogP contribution >= 0.6 is 0 Å². The van der Waals surface area contributed by atoms with Gasteiger partial charge in [-0.05, 0) is 0 Å². The smallest absolute Gasteiger partial charge is 0.352 e. The highest BCUT2D eigenvalue weighted by Crippen LogP contribution is 2.49. The Morgan fingerprint density at radius 3 is 1.07 bits per heavy atom. The molecule has 0 aromatic heterocycles. The van der Waals surface area contributed by atoms with Crippen LogP contribution in [0.4, 0.5) is 30.7 Å². The minimum Gasteiger partial charge on any atom is -0.352 e. The highest BCUT2D eigenvalue weighted by atomic mass is 19.3. The van der Waals surface area contributed by atoms with Crippen LogP contribution in [-0.2, 0) is 0 Å². The molecule has 0 radical (unpaired) electrons. The third-order valence-corrected chi connectivity index (χ3v) is 1.55. The molecule has 0 aromatic carbocycles. The lowest BCUT2D eigenvalue weighted by Crippen LogP contribution is -2.62. The van der Waals surface area contributed by atoms with Crippen LogP contribution in [0.1, 0.15) is 13.8 Å². The van der Waals surface area contributed by atoms with E-state index in [1.165, 1.54) is 0 Å². The van der Waals surface area contributed by atoms with Crippen molar-refractivity contribution in [1.29, 1.82) is 0 Å². The first kappa shape index (κ1) is 13.5. The molecule has 86 valence electrons. The number of hydrogen-bond acceptors (Lipinski definition) is 1. The van der Waals surface area contributed by atoms with Crippen molar-refractivity contribution >= 4 is 0 Å². The lowest BCUT2D eigenvalue weighted by Gasteiger charge is -2.35. The molecule has 1 atom stereocenters. The van der Waals surface area contributed by atoms with Gasteiger partial charge in [-0.1, -0.05) is 0 Å². The van der Waals surface area contributed by atoms with Crippen LogP contribution in [0, 0.1) is 0 Å². The Morgan fingerprint density at radius 2 is 1.00 bits per heavy atom. The maximum Gasteiger partial charge on any atom is 0.373 e. The minimum absolute atomic E-state index is 0.424. The number of hydrogen-bond donors (Lipinski definition) is 1. The normalized spacial score (nSPS) is 19.3. The van der Waals surface area contributed by atoms with Crippen molar-refractivity contribution in [2.24, 2.45) is 0 Å². The second-order valence-electron chi connectivity index (χ2n) is 2.97. The molecule has 0 fully saturated rings. The summed E-state index contributed by atoms with van der Waals surface area (Å²) in [4.78, 5) is 0. The fraction of sp³-hybridized carbons (Fsp3) is 1.00. The van der Waals surface area contributed by atoms with Gasteiger partial charge in [0.2, 0.25) is 0 Å². The summed E-state index contributed by atoms with van der Waals surface area (Å²) in [6.45, 7) is -0.893. The molecule has 0 amide bonds. The molecular formula is C6H7F7O. The maximum atomic E-state index is 12.4. The second-order valence-corrected chi connectivity index (χ2v) is 2.97. The monoisotopic (exact) mass is 228 g/mol. The first-order chi connectivity index (χ1) is 5.75. The van der Waals surface area contributed by atoms with E-state index >= 15 is 0 Å². The average molecular weight is 228 g/mol. The van der Waals surface area contributed by atoms with Gasteiger partial charge in [-0.2, -0.15) is 22.0 Å². The second kappa shape index (κ2) is 2.98. The average Bonchev–Trinajstić information content (AvgIpc) is 1.81. The van der Waals surface area contributed by atoms with Crippen molar-refractivity contribution in [1.82, 2.24) is 0 Å². The predicted octanol–water partition coefficient (Wildman–Crippen LogP) is 2.59. The third kappa shape index (κ3) is 1.79. The van der Waals surface area contributed by atoms with Gasteiger partial charge >= 0.3 is 23.6 Å². The van der Waals surface area contributed by atoms with Crippen LogP contribution in [0.5, 0.6) is 0 Å². The molecule has 0 aromatic rings. The van der Waals surface area contributed by atoms with E-state index in [1.807, 2.05) is 0 Å². The summed E-state index contributed by atoms with van der Waals surface area (Å²) in [5.41, 5.74) is 0. The van der Waals surface area contributed by atoms with Crippen LogP contribution in [0.25, 0.3) is 0 Å². The first-order valence-electron chi connectivity index (χ1n) is 3.30. The van der Waals surface area contributed by atoms with E-state index in [1.54, 1.807) is 0 Å². The maximum absolute atomic E-state index is 12.4. The van der Waals surface area contributed by atoms with Gasteiger partial charge in [0.05, 0.1) is 0 Å². The summed E-state index contributed by atoms with van der Waals surface area (Å²) in [6.07, 6.45) is 0. The fourth-order valence-corrected chi connectivity index (χ4v) is 0.567. The molecule has 1 nitrogen and oxygen atoms in total. The topological polar surface area (TPSA) is 20.2 Å². The third-order valence-electron chi connectivity index (χ3n) is 1.55. The highest BCUT2D eigenvalue weighted by Gasteiger charge is 2.75. The van der Waals surface area contributed by atoms with Gasteiger partial charge < -0.3 is 5.11 Å². The summed E-state index contributed by atoms with van der Waals surface area (Å²) in [6, 6.07) is 0. The molecule has 1 N–H and O–H groups in total. The predicted molar refractivity (Wildman–Crippen MR) is 32.2 cm³/mol. The molecule has 0 aliphatic heterocycles. The molecule has 0 aliphatic rings. The summed E-state index contributed by atoms with van der Waals surface area (Å²) >= 11 is 0. The Morgan fingerprint density at radius 1 is 0.714 bits per heavy atom. The van der Waals surface area contributed by atoms with E-state index in [2.05, 4.69) is 0 Å². The van der Waals surface area contributed by atoms with Crippen molar-refractivity contribution in [3.8, 4) is 0 Å². The molecule has 0 heterocycles. The van der Waals surface area contributed by atoms with Crippen molar-refractivity contribution < 1.29 is 35.8 Å². The molecular weight excluding hydrogens is 221 g/mol. The molecule has 0 saturated carbocycles. The van der Waals surface area contributed by atoms with E-state index in [9.17, 15) is 30.7 Å². The zero-order chi connectivity index (χ0) is 12.0. The van der Waals surface area contributed by atoms with Gasteiger partial charge in [-0.15, -0.1) is 0 Å². The first-order valence-corrected chi connectivity index (χ1v) is 3.30. The van der Waals surface area contributed by atoms with Gasteiger partial charge in [0.25, 0.3) is 0 Å². The molecule has 0 aliphatic carbocycles. The van der Waals surface area contributed by atoms with Gasteiger partial charge in [-0.3, -0.25) is 0 Å². The van der Waals surface area contributed by atoms with Crippen molar-refractivity contribution in [2.75, 3.05) is 0 Å². The van der Waals surface area contributed by atoms with Crippen molar-refractivity contribution in [3.63, 3.8) is 0 Å². The van der Waals surface area contributed by atoms with Gasteiger partial charge in [0.15, 0.2) is 0 Å². The van der Waals surface area contributed by atoms with E-state index in [0.717, 1.165) is 0 Å². The molecule has 8 heteroatoms. The quantitative estimate of drug-likeness (QED) is 0.736. The van der Waals surface area contributed by atoms with Crippen molar-refractivity contribution in [3.05, 3.63) is 0 Å². The van der Waals surface area contributed by atoms with E-state index in [-0.39, 0.29) is 0 Å². The van der Waals surface area contributed by atoms with Gasteiger partial charge in [0.1, 0.15) is 0 Å². The van der Waals surface area contributed by atoms with Crippen molar-refractivity contribution in [2.45, 2.75) is 37.5 Å². The fourth-order valence-electron chi connectivity index (χ4n) is 0.567. The summed E-state index contributed by atoms with van der Waals surface area (Å²) in [7, 11) is 0. The van der Waals surface area contributed by atoms with Gasteiger partial charge in [0, 0.05) is 13.8 Å². The van der Waals surface area contributed by atoms with Crippen LogP contribution < -0.4 is 0 Å². The molecule has 0 bridgehead atoms. The Kier molecular flexibility index (Phi) is 2.87. The SMILES string of the molecule is CC(F)(F)C(O)(F)C(F)(F)C(C)(F)F. The Hall–Kier alpha value is -0.530. The van der Waals surface area contributed by atoms with Crippen LogP contribution in [-0.4, -0.2) is 28.7 Å². The standard InChI is InChI=1S/C6H7F7O/c1-3(7,8)5(11,12)6(13,14)4(2,9)10/h14H,1-2H3. The molecule has 0 saturated heterocycles. The molecule has 14 heavy (non-hydrogen) atoms. The summed E-state index contributed by atoms with van der Waals surface area (Å²) < 4.78 is 85.4. The summed E-state index contributed by atoms with van der Waals surface area (Å²) in [5.74, 6) is -21.6.